The van der Waals surface area contributed by atoms with Gasteiger partial charge in [-0.2, -0.15) is 5.10 Å². The largest absolute Gasteiger partial charge is 0.486 e. The van der Waals surface area contributed by atoms with Crippen molar-refractivity contribution in [3.8, 4) is 17.3 Å². The van der Waals surface area contributed by atoms with E-state index in [0.29, 0.717) is 52.5 Å². The fourth-order valence-electron chi connectivity index (χ4n) is 4.97. The average molecular weight is 526 g/mol. The van der Waals surface area contributed by atoms with Crippen molar-refractivity contribution in [1.29, 1.82) is 0 Å². The van der Waals surface area contributed by atoms with E-state index in [9.17, 15) is 4.79 Å². The Morgan fingerprint density at radius 1 is 1.17 bits per heavy atom. The highest BCUT2D eigenvalue weighted by Crippen LogP contribution is 2.35. The molecule has 11 heteroatoms. The maximum atomic E-state index is 12.7. The summed E-state index contributed by atoms with van der Waals surface area (Å²) in [5.41, 5.74) is 4.10. The lowest BCUT2D eigenvalue weighted by Gasteiger charge is -2.20. The Morgan fingerprint density at radius 2 is 1.94 bits per heavy atom. The normalized spacial score (nSPS) is 16.6. The second-order valence-electron chi connectivity index (χ2n) is 9.30. The zero-order chi connectivity index (χ0) is 24.8. The van der Waals surface area contributed by atoms with Crippen LogP contribution in [-0.2, 0) is 17.9 Å². The molecule has 1 fully saturated rings. The Morgan fingerprint density at radius 3 is 2.69 bits per heavy atom. The number of ether oxygens (including phenoxy) is 1. The summed E-state index contributed by atoms with van der Waals surface area (Å²) in [6.45, 7) is 5.44. The Hall–Kier alpha value is -3.14. The number of halogens is 2. The highest BCUT2D eigenvalue weighted by atomic mass is 35.5. The summed E-state index contributed by atoms with van der Waals surface area (Å²) in [6.07, 6.45) is 5.07. The van der Waals surface area contributed by atoms with E-state index in [2.05, 4.69) is 25.1 Å². The van der Waals surface area contributed by atoms with E-state index in [4.69, 9.17) is 32.9 Å². The molecule has 1 saturated heterocycles. The van der Waals surface area contributed by atoms with Crippen LogP contribution in [0.25, 0.3) is 22.4 Å². The number of carbonyl (C=O) groups is 1. The standard InChI is InChI=1S/C25H25Cl2N7O2/c1-14(23-17(26)9-28-10-18(23)27)36-15-4-5-19-16(8-15)24(32-31-19)25-29-20-11-34(12-21(20)30-25)22(35)13-33-6-2-3-7-33/h4-5,8-10,14H,2-3,6-7,11-13H2,1H3,(H,29,30)(H,31,32)/t14-/m1/s1. The molecule has 5 heterocycles. The van der Waals surface area contributed by atoms with Gasteiger partial charge in [0.1, 0.15) is 17.5 Å². The third kappa shape index (κ3) is 4.31. The lowest BCUT2D eigenvalue weighted by Crippen LogP contribution is -2.36. The minimum atomic E-state index is -0.378. The van der Waals surface area contributed by atoms with Crippen LogP contribution in [0.15, 0.2) is 30.6 Å². The number of hydrogen-bond donors (Lipinski definition) is 2. The monoisotopic (exact) mass is 525 g/mol. The van der Waals surface area contributed by atoms with E-state index in [1.54, 1.807) is 12.4 Å². The van der Waals surface area contributed by atoms with Crippen LogP contribution in [0.1, 0.15) is 42.8 Å². The number of H-pyrrole nitrogens is 2. The highest BCUT2D eigenvalue weighted by molar-refractivity contribution is 6.35. The smallest absolute Gasteiger partial charge is 0.237 e. The van der Waals surface area contributed by atoms with Crippen molar-refractivity contribution in [2.75, 3.05) is 19.6 Å². The van der Waals surface area contributed by atoms with Crippen molar-refractivity contribution in [2.45, 2.75) is 39.0 Å². The molecule has 6 rings (SSSR count). The zero-order valence-electron chi connectivity index (χ0n) is 19.7. The van der Waals surface area contributed by atoms with Crippen molar-refractivity contribution >= 4 is 40.0 Å². The highest BCUT2D eigenvalue weighted by Gasteiger charge is 2.29. The van der Waals surface area contributed by atoms with Crippen molar-refractivity contribution < 1.29 is 9.53 Å². The van der Waals surface area contributed by atoms with E-state index in [1.165, 1.54) is 12.8 Å². The summed E-state index contributed by atoms with van der Waals surface area (Å²) in [7, 11) is 0. The topological polar surface area (TPSA) is 103 Å². The van der Waals surface area contributed by atoms with E-state index in [1.807, 2.05) is 30.0 Å². The lowest BCUT2D eigenvalue weighted by atomic mass is 10.1. The van der Waals surface area contributed by atoms with Crippen LogP contribution in [0, 0.1) is 0 Å². The van der Waals surface area contributed by atoms with Crippen LogP contribution < -0.4 is 4.74 Å². The second-order valence-corrected chi connectivity index (χ2v) is 10.1. The molecular formula is C25H25Cl2N7O2. The van der Waals surface area contributed by atoms with Gasteiger partial charge in [0.2, 0.25) is 5.91 Å². The molecule has 0 bridgehead atoms. The summed E-state index contributed by atoms with van der Waals surface area (Å²) in [4.78, 5) is 29.0. The molecular weight excluding hydrogens is 501 g/mol. The number of imidazole rings is 1. The first-order chi connectivity index (χ1) is 17.5. The van der Waals surface area contributed by atoms with E-state index >= 15 is 0 Å². The number of fused-ring (bicyclic) bond motifs is 2. The van der Waals surface area contributed by atoms with Crippen LogP contribution in [0.4, 0.5) is 0 Å². The summed E-state index contributed by atoms with van der Waals surface area (Å²) in [5, 5.41) is 9.35. The lowest BCUT2D eigenvalue weighted by molar-refractivity contribution is -0.132. The number of aromatic nitrogens is 5. The molecule has 0 aliphatic carbocycles. The number of benzene rings is 1. The molecule has 1 atom stereocenters. The number of likely N-dealkylation sites (tertiary alicyclic amines) is 1. The van der Waals surface area contributed by atoms with Gasteiger partial charge in [-0.05, 0) is 51.1 Å². The molecule has 2 aliphatic rings. The maximum Gasteiger partial charge on any atom is 0.237 e. The SMILES string of the molecule is C[C@@H](Oc1ccc2[nH]nc(-c3nc4c([nH]3)CN(C(=O)CN3CCCC3)C4)c2c1)c1c(Cl)cncc1Cl. The number of hydrogen-bond acceptors (Lipinski definition) is 6. The summed E-state index contributed by atoms with van der Waals surface area (Å²) in [5.74, 6) is 1.48. The van der Waals surface area contributed by atoms with Gasteiger partial charge in [-0.15, -0.1) is 0 Å². The van der Waals surface area contributed by atoms with Gasteiger partial charge in [0.15, 0.2) is 5.82 Å². The van der Waals surface area contributed by atoms with Crippen LogP contribution in [0.3, 0.4) is 0 Å². The molecule has 2 N–H and O–H groups in total. The summed E-state index contributed by atoms with van der Waals surface area (Å²) in [6, 6.07) is 5.71. The van der Waals surface area contributed by atoms with Gasteiger partial charge in [0.05, 0.1) is 46.6 Å². The van der Waals surface area contributed by atoms with Gasteiger partial charge in [-0.25, -0.2) is 4.98 Å². The molecule has 1 amide bonds. The third-order valence-electron chi connectivity index (χ3n) is 6.83. The van der Waals surface area contributed by atoms with Crippen molar-refractivity contribution in [1.82, 2.24) is 34.9 Å². The molecule has 0 spiro atoms. The van der Waals surface area contributed by atoms with Gasteiger partial charge in [-0.3, -0.25) is 19.8 Å². The minimum Gasteiger partial charge on any atom is -0.486 e. The van der Waals surface area contributed by atoms with Crippen LogP contribution in [0.2, 0.25) is 10.0 Å². The third-order valence-corrected chi connectivity index (χ3v) is 7.44. The number of pyridine rings is 1. The van der Waals surface area contributed by atoms with Gasteiger partial charge >= 0.3 is 0 Å². The number of aromatic amines is 2. The van der Waals surface area contributed by atoms with Crippen molar-refractivity contribution in [3.63, 3.8) is 0 Å². The Kier molecular flexibility index (Phi) is 6.07. The number of carbonyl (C=O) groups excluding carboxylic acids is 1. The van der Waals surface area contributed by atoms with Gasteiger partial charge < -0.3 is 14.6 Å². The number of amides is 1. The molecule has 0 unspecified atom stereocenters. The Bertz CT molecular complexity index is 1400. The summed E-state index contributed by atoms with van der Waals surface area (Å²) < 4.78 is 6.17. The van der Waals surface area contributed by atoms with Gasteiger partial charge in [-0.1, -0.05) is 23.2 Å². The molecule has 2 aliphatic heterocycles. The Labute approximate surface area is 217 Å². The number of nitrogens with zero attached hydrogens (tertiary/aromatic N) is 5. The predicted molar refractivity (Wildman–Crippen MR) is 137 cm³/mol. The molecule has 186 valence electrons. The minimum absolute atomic E-state index is 0.153. The van der Waals surface area contributed by atoms with E-state index in [-0.39, 0.29) is 12.0 Å². The summed E-state index contributed by atoms with van der Waals surface area (Å²) >= 11 is 12.6. The first kappa shape index (κ1) is 23.3. The van der Waals surface area contributed by atoms with Gasteiger partial charge in [0.25, 0.3) is 0 Å². The number of nitrogens with one attached hydrogen (secondary N) is 2. The zero-order valence-corrected chi connectivity index (χ0v) is 21.2. The quantitative estimate of drug-likeness (QED) is 0.377. The number of rotatable bonds is 6. The maximum absolute atomic E-state index is 12.7. The van der Waals surface area contributed by atoms with Crippen LogP contribution >= 0.6 is 23.2 Å². The average Bonchev–Trinajstić information content (AvgIpc) is 3.62. The van der Waals surface area contributed by atoms with Gasteiger partial charge in [0, 0.05) is 23.3 Å². The van der Waals surface area contributed by atoms with E-state index < -0.39 is 0 Å². The fourth-order valence-corrected chi connectivity index (χ4v) is 5.65. The molecule has 0 saturated carbocycles. The molecule has 1 aromatic carbocycles. The van der Waals surface area contributed by atoms with Crippen molar-refractivity contribution in [2.24, 2.45) is 0 Å². The first-order valence-corrected chi connectivity index (χ1v) is 12.7. The molecule has 9 nitrogen and oxygen atoms in total. The first-order valence-electron chi connectivity index (χ1n) is 12.0. The van der Waals surface area contributed by atoms with Crippen LogP contribution in [0.5, 0.6) is 5.75 Å². The Balaban J connectivity index is 1.20. The fraction of sp³-hybridized carbons (Fsp3) is 0.360. The predicted octanol–water partition coefficient (Wildman–Crippen LogP) is 4.73. The van der Waals surface area contributed by atoms with Crippen LogP contribution in [-0.4, -0.2) is 60.5 Å². The molecule has 36 heavy (non-hydrogen) atoms. The molecule has 3 aromatic heterocycles. The molecule has 0 radical (unpaired) electrons. The van der Waals surface area contributed by atoms with E-state index in [0.717, 1.165) is 35.4 Å². The van der Waals surface area contributed by atoms with Crippen molar-refractivity contribution in [3.05, 3.63) is 57.6 Å². The second kappa shape index (κ2) is 9.38. The molecule has 4 aromatic rings.